The van der Waals surface area contributed by atoms with E-state index < -0.39 is 0 Å². The number of hydrogen-bond acceptors (Lipinski definition) is 2. The van der Waals surface area contributed by atoms with Gasteiger partial charge in [-0.15, -0.1) is 0 Å². The Morgan fingerprint density at radius 2 is 1.61 bits per heavy atom. The second-order valence-corrected chi connectivity index (χ2v) is 5.08. The maximum Gasteiger partial charge on any atom is 0.0329 e. The summed E-state index contributed by atoms with van der Waals surface area (Å²) in [4.78, 5) is 2.48. The number of nitrogens with zero attached hydrogens (tertiary/aromatic N) is 1. The predicted octanol–water partition coefficient (Wildman–Crippen LogP) is 3.30. The van der Waals surface area contributed by atoms with Crippen LogP contribution >= 0.6 is 0 Å². The van der Waals surface area contributed by atoms with Gasteiger partial charge in [-0.25, -0.2) is 0 Å². The van der Waals surface area contributed by atoms with Crippen molar-refractivity contribution in [2.45, 2.75) is 40.2 Å². The summed E-state index contributed by atoms with van der Waals surface area (Å²) in [5, 5.41) is 3.45. The molecule has 1 aromatic rings. The van der Waals surface area contributed by atoms with Crippen LogP contribution in [0.3, 0.4) is 0 Å². The van der Waals surface area contributed by atoms with E-state index in [9.17, 15) is 0 Å². The van der Waals surface area contributed by atoms with E-state index in [0.29, 0.717) is 6.04 Å². The molecule has 2 nitrogen and oxygen atoms in total. The van der Waals surface area contributed by atoms with Gasteiger partial charge < -0.3 is 10.2 Å². The molecule has 1 rings (SSSR count). The minimum atomic E-state index is 0.462. The smallest absolute Gasteiger partial charge is 0.0329 e. The van der Waals surface area contributed by atoms with Crippen LogP contribution < -0.4 is 5.32 Å². The van der Waals surface area contributed by atoms with E-state index >= 15 is 0 Å². The van der Waals surface area contributed by atoms with Crippen LogP contribution in [0, 0.1) is 13.8 Å². The summed E-state index contributed by atoms with van der Waals surface area (Å²) in [5.74, 6) is 0. The van der Waals surface area contributed by atoms with Crippen molar-refractivity contribution >= 4 is 0 Å². The van der Waals surface area contributed by atoms with E-state index in [1.807, 2.05) is 0 Å². The van der Waals surface area contributed by atoms with Gasteiger partial charge in [-0.3, -0.25) is 0 Å². The number of nitrogens with one attached hydrogen (secondary N) is 1. The van der Waals surface area contributed by atoms with Crippen LogP contribution in [0.15, 0.2) is 18.2 Å². The van der Waals surface area contributed by atoms with Crippen molar-refractivity contribution in [2.24, 2.45) is 0 Å². The largest absolute Gasteiger partial charge is 0.313 e. The minimum absolute atomic E-state index is 0.462. The van der Waals surface area contributed by atoms with E-state index in [-0.39, 0.29) is 0 Å². The maximum atomic E-state index is 3.45. The molecule has 2 heteroatoms. The molecule has 0 amide bonds. The monoisotopic (exact) mass is 248 g/mol. The summed E-state index contributed by atoms with van der Waals surface area (Å²) in [6, 6.07) is 7.30. The van der Waals surface area contributed by atoms with Crippen molar-refractivity contribution in [1.82, 2.24) is 10.2 Å². The topological polar surface area (TPSA) is 15.3 Å². The van der Waals surface area contributed by atoms with Gasteiger partial charge >= 0.3 is 0 Å². The Hall–Kier alpha value is -0.860. The van der Waals surface area contributed by atoms with Crippen LogP contribution in [0.2, 0.25) is 0 Å². The lowest BCUT2D eigenvalue weighted by Gasteiger charge is -2.23. The summed E-state index contributed by atoms with van der Waals surface area (Å²) in [6.45, 7) is 12.2. The third-order valence-electron chi connectivity index (χ3n) is 3.62. The van der Waals surface area contributed by atoms with E-state index in [1.54, 1.807) is 0 Å². The standard InChI is InChI=1S/C16H28N2/c1-6-18(7-2)9-8-16(17-5)15-11-13(3)10-14(4)12-15/h10-12,16-17H,6-9H2,1-5H3. The van der Waals surface area contributed by atoms with Crippen molar-refractivity contribution in [2.75, 3.05) is 26.7 Å². The van der Waals surface area contributed by atoms with Gasteiger partial charge in [0, 0.05) is 6.04 Å². The van der Waals surface area contributed by atoms with Gasteiger partial charge in [0.15, 0.2) is 0 Å². The number of benzene rings is 1. The number of hydrogen-bond donors (Lipinski definition) is 1. The van der Waals surface area contributed by atoms with Crippen molar-refractivity contribution in [3.05, 3.63) is 34.9 Å². The number of aryl methyl sites for hydroxylation is 2. The highest BCUT2D eigenvalue weighted by molar-refractivity contribution is 5.30. The highest BCUT2D eigenvalue weighted by atomic mass is 15.1. The molecule has 102 valence electrons. The van der Waals surface area contributed by atoms with E-state index in [1.165, 1.54) is 23.1 Å². The van der Waals surface area contributed by atoms with E-state index in [0.717, 1.165) is 19.6 Å². The summed E-state index contributed by atoms with van der Waals surface area (Å²) >= 11 is 0. The molecule has 0 heterocycles. The first kappa shape index (κ1) is 15.2. The van der Waals surface area contributed by atoms with Crippen LogP contribution in [0.1, 0.15) is 43.0 Å². The van der Waals surface area contributed by atoms with Gasteiger partial charge in [-0.05, 0) is 52.5 Å². The minimum Gasteiger partial charge on any atom is -0.313 e. The van der Waals surface area contributed by atoms with Crippen molar-refractivity contribution < 1.29 is 0 Å². The first-order chi connectivity index (χ1) is 8.60. The normalized spacial score (nSPS) is 13.0. The fraction of sp³-hybridized carbons (Fsp3) is 0.625. The Bertz CT molecular complexity index is 336. The average molecular weight is 248 g/mol. The van der Waals surface area contributed by atoms with Crippen molar-refractivity contribution in [1.29, 1.82) is 0 Å². The maximum absolute atomic E-state index is 3.45. The molecule has 0 aliphatic rings. The molecule has 1 atom stereocenters. The fourth-order valence-electron chi connectivity index (χ4n) is 2.54. The highest BCUT2D eigenvalue weighted by Crippen LogP contribution is 2.20. The molecule has 0 saturated heterocycles. The number of rotatable bonds is 7. The first-order valence-electron chi connectivity index (χ1n) is 7.08. The summed E-state index contributed by atoms with van der Waals surface area (Å²) in [6.07, 6.45) is 1.17. The Labute approximate surface area is 112 Å². The molecule has 0 aliphatic carbocycles. The Morgan fingerprint density at radius 3 is 2.06 bits per heavy atom. The van der Waals surface area contributed by atoms with Crippen molar-refractivity contribution in [3.8, 4) is 0 Å². The molecule has 0 aromatic heterocycles. The Balaban J connectivity index is 2.70. The van der Waals surface area contributed by atoms with Gasteiger partial charge in [0.05, 0.1) is 0 Å². The van der Waals surface area contributed by atoms with E-state index in [4.69, 9.17) is 0 Å². The van der Waals surface area contributed by atoms with Crippen LogP contribution in [-0.2, 0) is 0 Å². The Morgan fingerprint density at radius 1 is 1.06 bits per heavy atom. The lowest BCUT2D eigenvalue weighted by Crippen LogP contribution is -2.28. The van der Waals surface area contributed by atoms with Gasteiger partial charge in [-0.1, -0.05) is 43.2 Å². The second kappa shape index (κ2) is 7.55. The zero-order valence-electron chi connectivity index (χ0n) is 12.6. The summed E-state index contributed by atoms with van der Waals surface area (Å²) in [5.41, 5.74) is 4.13. The molecular formula is C16H28N2. The molecule has 0 spiro atoms. The molecule has 1 N–H and O–H groups in total. The molecule has 18 heavy (non-hydrogen) atoms. The lowest BCUT2D eigenvalue weighted by atomic mass is 9.99. The molecule has 0 aliphatic heterocycles. The van der Waals surface area contributed by atoms with Crippen LogP contribution in [0.5, 0.6) is 0 Å². The molecule has 0 fully saturated rings. The molecule has 0 radical (unpaired) electrons. The lowest BCUT2D eigenvalue weighted by molar-refractivity contribution is 0.284. The molecular weight excluding hydrogens is 220 g/mol. The molecule has 0 saturated carbocycles. The zero-order chi connectivity index (χ0) is 13.5. The molecule has 1 unspecified atom stereocenters. The predicted molar refractivity (Wildman–Crippen MR) is 80.1 cm³/mol. The third kappa shape index (κ3) is 4.43. The van der Waals surface area contributed by atoms with Gasteiger partial charge in [0.2, 0.25) is 0 Å². The molecule has 0 bridgehead atoms. The van der Waals surface area contributed by atoms with Gasteiger partial charge in [0.25, 0.3) is 0 Å². The van der Waals surface area contributed by atoms with Crippen LogP contribution in [0.4, 0.5) is 0 Å². The first-order valence-corrected chi connectivity index (χ1v) is 7.08. The summed E-state index contributed by atoms with van der Waals surface area (Å²) in [7, 11) is 2.06. The Kier molecular flexibility index (Phi) is 6.37. The van der Waals surface area contributed by atoms with Crippen LogP contribution in [-0.4, -0.2) is 31.6 Å². The van der Waals surface area contributed by atoms with Crippen molar-refractivity contribution in [3.63, 3.8) is 0 Å². The average Bonchev–Trinajstić information content (AvgIpc) is 2.33. The molecule has 1 aromatic carbocycles. The quantitative estimate of drug-likeness (QED) is 0.796. The SMILES string of the molecule is CCN(CC)CCC(NC)c1cc(C)cc(C)c1. The second-order valence-electron chi connectivity index (χ2n) is 5.08. The van der Waals surface area contributed by atoms with Gasteiger partial charge in [0.1, 0.15) is 0 Å². The van der Waals surface area contributed by atoms with E-state index in [2.05, 4.69) is 63.2 Å². The van der Waals surface area contributed by atoms with Gasteiger partial charge in [-0.2, -0.15) is 0 Å². The fourth-order valence-corrected chi connectivity index (χ4v) is 2.54. The third-order valence-corrected chi connectivity index (χ3v) is 3.62. The zero-order valence-corrected chi connectivity index (χ0v) is 12.6. The summed E-state index contributed by atoms with van der Waals surface area (Å²) < 4.78 is 0. The highest BCUT2D eigenvalue weighted by Gasteiger charge is 2.11. The van der Waals surface area contributed by atoms with Crippen LogP contribution in [0.25, 0.3) is 0 Å².